The predicted octanol–water partition coefficient (Wildman–Crippen LogP) is 8.90. The van der Waals surface area contributed by atoms with E-state index in [0.29, 0.717) is 0 Å². The van der Waals surface area contributed by atoms with Crippen molar-refractivity contribution in [1.82, 2.24) is 0 Å². The van der Waals surface area contributed by atoms with Crippen molar-refractivity contribution in [3.63, 3.8) is 0 Å². The summed E-state index contributed by atoms with van der Waals surface area (Å²) in [7, 11) is 0. The molecular formula is C31H22O. The minimum atomic E-state index is 0.922. The molecule has 0 aliphatic carbocycles. The normalized spacial score (nSPS) is 11.3. The quantitative estimate of drug-likeness (QED) is 0.284. The van der Waals surface area contributed by atoms with Gasteiger partial charge in [0.1, 0.15) is 11.2 Å². The van der Waals surface area contributed by atoms with Crippen LogP contribution in [-0.2, 0) is 0 Å². The van der Waals surface area contributed by atoms with Gasteiger partial charge in [-0.15, -0.1) is 0 Å². The molecule has 5 aromatic carbocycles. The Morgan fingerprint density at radius 3 is 1.34 bits per heavy atom. The zero-order valence-electron chi connectivity index (χ0n) is 17.9. The molecule has 0 aliphatic heterocycles. The average molecular weight is 411 g/mol. The van der Waals surface area contributed by atoms with Gasteiger partial charge in [-0.1, -0.05) is 96.6 Å². The van der Waals surface area contributed by atoms with Crippen molar-refractivity contribution >= 4 is 21.9 Å². The van der Waals surface area contributed by atoms with E-state index in [1.165, 1.54) is 38.9 Å². The Labute approximate surface area is 187 Å². The van der Waals surface area contributed by atoms with Crippen molar-refractivity contribution in [3.05, 3.63) is 121 Å². The lowest BCUT2D eigenvalue weighted by Gasteiger charge is -2.06. The highest BCUT2D eigenvalue weighted by molar-refractivity contribution is 6.07. The van der Waals surface area contributed by atoms with Crippen molar-refractivity contribution < 1.29 is 4.42 Å². The maximum Gasteiger partial charge on any atom is 0.135 e. The summed E-state index contributed by atoms with van der Waals surface area (Å²) in [6.07, 6.45) is 0. The second-order valence-electron chi connectivity index (χ2n) is 8.33. The molecule has 0 saturated heterocycles. The molecule has 1 heteroatoms. The fourth-order valence-electron chi connectivity index (χ4n) is 4.37. The summed E-state index contributed by atoms with van der Waals surface area (Å²) in [6.45, 7) is 2.12. The Balaban J connectivity index is 1.41. The van der Waals surface area contributed by atoms with Crippen LogP contribution in [-0.4, -0.2) is 0 Å². The molecule has 152 valence electrons. The zero-order chi connectivity index (χ0) is 21.5. The van der Waals surface area contributed by atoms with Gasteiger partial charge in [0.2, 0.25) is 0 Å². The van der Waals surface area contributed by atoms with Crippen LogP contribution in [0.15, 0.2) is 120 Å². The van der Waals surface area contributed by atoms with E-state index >= 15 is 0 Å². The Morgan fingerprint density at radius 1 is 0.406 bits per heavy atom. The minimum absolute atomic E-state index is 0.922. The number of fused-ring (bicyclic) bond motifs is 3. The van der Waals surface area contributed by atoms with E-state index in [1.807, 2.05) is 6.07 Å². The van der Waals surface area contributed by atoms with E-state index in [1.54, 1.807) is 0 Å². The maximum atomic E-state index is 6.12. The molecule has 32 heavy (non-hydrogen) atoms. The van der Waals surface area contributed by atoms with Gasteiger partial charge < -0.3 is 4.42 Å². The van der Waals surface area contributed by atoms with E-state index in [0.717, 1.165) is 21.9 Å². The molecule has 1 heterocycles. The smallest absolute Gasteiger partial charge is 0.135 e. The molecule has 0 fully saturated rings. The van der Waals surface area contributed by atoms with Gasteiger partial charge in [-0.3, -0.25) is 0 Å². The fraction of sp³-hybridized carbons (Fsp3) is 0.0323. The van der Waals surface area contributed by atoms with Crippen LogP contribution in [0.1, 0.15) is 5.56 Å². The molecule has 1 aromatic heterocycles. The Morgan fingerprint density at radius 2 is 0.812 bits per heavy atom. The number of benzene rings is 5. The number of rotatable bonds is 3. The summed E-state index contributed by atoms with van der Waals surface area (Å²) >= 11 is 0. The third-order valence-electron chi connectivity index (χ3n) is 6.18. The highest BCUT2D eigenvalue weighted by atomic mass is 16.3. The summed E-state index contributed by atoms with van der Waals surface area (Å²) < 4.78 is 6.12. The largest absolute Gasteiger partial charge is 0.456 e. The Kier molecular flexibility index (Phi) is 4.40. The first-order valence-corrected chi connectivity index (χ1v) is 10.9. The van der Waals surface area contributed by atoms with Crippen LogP contribution in [0.4, 0.5) is 0 Å². The first kappa shape index (κ1) is 18.7. The molecule has 0 amide bonds. The van der Waals surface area contributed by atoms with Crippen molar-refractivity contribution in [2.24, 2.45) is 0 Å². The summed E-state index contributed by atoms with van der Waals surface area (Å²) in [5.74, 6) is 0. The van der Waals surface area contributed by atoms with Crippen molar-refractivity contribution in [2.75, 3.05) is 0 Å². The van der Waals surface area contributed by atoms with E-state index in [2.05, 4.69) is 116 Å². The van der Waals surface area contributed by atoms with Gasteiger partial charge in [-0.05, 0) is 64.6 Å². The van der Waals surface area contributed by atoms with Crippen LogP contribution >= 0.6 is 0 Å². The lowest BCUT2D eigenvalue weighted by molar-refractivity contribution is 0.669. The number of aryl methyl sites for hydroxylation is 1. The van der Waals surface area contributed by atoms with Gasteiger partial charge in [0.15, 0.2) is 0 Å². The van der Waals surface area contributed by atoms with Gasteiger partial charge in [0.25, 0.3) is 0 Å². The van der Waals surface area contributed by atoms with E-state index in [4.69, 9.17) is 4.42 Å². The Hall–Kier alpha value is -4.10. The van der Waals surface area contributed by atoms with Gasteiger partial charge in [-0.2, -0.15) is 0 Å². The summed E-state index contributed by atoms with van der Waals surface area (Å²) in [5.41, 5.74) is 10.4. The number of furan rings is 1. The van der Waals surface area contributed by atoms with Crippen LogP contribution in [0.25, 0.3) is 55.3 Å². The molecule has 1 nitrogen and oxygen atoms in total. The summed E-state index contributed by atoms with van der Waals surface area (Å²) in [5, 5.41) is 2.30. The average Bonchev–Trinajstić information content (AvgIpc) is 3.22. The Bertz CT molecular complexity index is 1540. The third kappa shape index (κ3) is 3.29. The van der Waals surface area contributed by atoms with E-state index < -0.39 is 0 Å². The van der Waals surface area contributed by atoms with Gasteiger partial charge in [-0.25, -0.2) is 0 Å². The molecule has 0 unspecified atom stereocenters. The first-order valence-electron chi connectivity index (χ1n) is 10.9. The zero-order valence-corrected chi connectivity index (χ0v) is 17.9. The van der Waals surface area contributed by atoms with Gasteiger partial charge in [0.05, 0.1) is 0 Å². The highest BCUT2D eigenvalue weighted by Crippen LogP contribution is 2.35. The van der Waals surface area contributed by atoms with Crippen LogP contribution in [0.2, 0.25) is 0 Å². The molecule has 0 N–H and O–H groups in total. The summed E-state index contributed by atoms with van der Waals surface area (Å²) in [4.78, 5) is 0. The maximum absolute atomic E-state index is 6.12. The van der Waals surface area contributed by atoms with Crippen LogP contribution in [0.5, 0.6) is 0 Å². The number of hydrogen-bond donors (Lipinski definition) is 0. The number of hydrogen-bond acceptors (Lipinski definition) is 1. The lowest BCUT2D eigenvalue weighted by Crippen LogP contribution is -1.81. The predicted molar refractivity (Wildman–Crippen MR) is 135 cm³/mol. The van der Waals surface area contributed by atoms with Crippen LogP contribution in [0.3, 0.4) is 0 Å². The van der Waals surface area contributed by atoms with Gasteiger partial charge in [0, 0.05) is 10.8 Å². The molecule has 0 radical (unpaired) electrons. The standard InChI is InChI=1S/C31H22O/c1-21-7-9-23(10-8-21)24-11-13-25(14-12-24)27-16-18-31-29(20-27)28-19-26(15-17-30(28)32-31)22-5-3-2-4-6-22/h2-20H,1H3. The van der Waals surface area contributed by atoms with Crippen molar-refractivity contribution in [3.8, 4) is 33.4 Å². The molecular weight excluding hydrogens is 388 g/mol. The van der Waals surface area contributed by atoms with Crippen LogP contribution in [0, 0.1) is 6.92 Å². The van der Waals surface area contributed by atoms with Crippen molar-refractivity contribution in [1.29, 1.82) is 0 Å². The molecule has 6 aromatic rings. The molecule has 0 atom stereocenters. The highest BCUT2D eigenvalue weighted by Gasteiger charge is 2.10. The van der Waals surface area contributed by atoms with Crippen molar-refractivity contribution in [2.45, 2.75) is 6.92 Å². The minimum Gasteiger partial charge on any atom is -0.456 e. The monoisotopic (exact) mass is 410 g/mol. The second kappa shape index (κ2) is 7.55. The molecule has 0 spiro atoms. The van der Waals surface area contributed by atoms with Crippen LogP contribution < -0.4 is 0 Å². The second-order valence-corrected chi connectivity index (χ2v) is 8.33. The SMILES string of the molecule is Cc1ccc(-c2ccc(-c3ccc4oc5ccc(-c6ccccc6)cc5c4c3)cc2)cc1. The first-order chi connectivity index (χ1) is 15.7. The van der Waals surface area contributed by atoms with E-state index in [-0.39, 0.29) is 0 Å². The van der Waals surface area contributed by atoms with Gasteiger partial charge >= 0.3 is 0 Å². The topological polar surface area (TPSA) is 13.1 Å². The fourth-order valence-corrected chi connectivity index (χ4v) is 4.37. The molecule has 0 bridgehead atoms. The molecule has 6 rings (SSSR count). The molecule has 0 saturated carbocycles. The molecule has 0 aliphatic rings. The van der Waals surface area contributed by atoms with E-state index in [9.17, 15) is 0 Å². The lowest BCUT2D eigenvalue weighted by atomic mass is 9.98. The third-order valence-corrected chi connectivity index (χ3v) is 6.18. The summed E-state index contributed by atoms with van der Waals surface area (Å²) in [6, 6.07) is 40.9.